The first kappa shape index (κ1) is 12.2. The molecule has 0 aliphatic carbocycles. The first-order chi connectivity index (χ1) is 8.81. The normalized spacial score (nSPS) is 9.83. The lowest BCUT2D eigenvalue weighted by Gasteiger charge is -2.03. The zero-order valence-electron chi connectivity index (χ0n) is 10.2. The van der Waals surface area contributed by atoms with Gasteiger partial charge in [0, 0.05) is 12.6 Å². The Bertz CT molecular complexity index is 605. The molecule has 0 aliphatic rings. The van der Waals surface area contributed by atoms with Crippen LogP contribution in [0.5, 0.6) is 0 Å². The van der Waals surface area contributed by atoms with Crippen LogP contribution in [0.1, 0.15) is 30.1 Å². The summed E-state index contributed by atoms with van der Waals surface area (Å²) in [5.74, 6) is 5.43. The molecule has 92 valence electrons. The number of unbranched alkanes of at least 4 members (excludes halogenated alkanes) is 1. The Morgan fingerprint density at radius 2 is 2.44 bits per heavy atom. The minimum absolute atomic E-state index is 0.303. The fraction of sp³-hybridized carbons (Fsp3) is 0.286. The van der Waals surface area contributed by atoms with E-state index in [0.29, 0.717) is 12.2 Å². The maximum atomic E-state index is 11.8. The second-order valence-electron chi connectivity index (χ2n) is 3.81. The van der Waals surface area contributed by atoms with E-state index in [-0.39, 0.29) is 5.97 Å². The largest absolute Gasteiger partial charge is 0.462 e. The molecule has 0 saturated carbocycles. The molecule has 0 fully saturated rings. The standard InChI is InChI=1S/C14H14N2O2/c1-2-3-4-5-8-18-14(17)12-6-7-16-11-15-10-13(16)9-12/h6-7,9-11H,4-5,8H2,1H3. The molecule has 18 heavy (non-hydrogen) atoms. The van der Waals surface area contributed by atoms with E-state index in [2.05, 4.69) is 16.8 Å². The summed E-state index contributed by atoms with van der Waals surface area (Å²) >= 11 is 0. The van der Waals surface area contributed by atoms with Crippen LogP contribution in [0.15, 0.2) is 30.9 Å². The van der Waals surface area contributed by atoms with Gasteiger partial charge in [-0.1, -0.05) is 0 Å². The van der Waals surface area contributed by atoms with Crippen LogP contribution in [0.3, 0.4) is 0 Å². The summed E-state index contributed by atoms with van der Waals surface area (Å²) in [5, 5.41) is 0. The second kappa shape index (κ2) is 5.87. The Morgan fingerprint density at radius 1 is 1.56 bits per heavy atom. The Kier molecular flexibility index (Phi) is 3.98. The topological polar surface area (TPSA) is 43.6 Å². The zero-order chi connectivity index (χ0) is 12.8. The number of aromatic nitrogens is 2. The lowest BCUT2D eigenvalue weighted by molar-refractivity contribution is 0.0502. The predicted molar refractivity (Wildman–Crippen MR) is 68.2 cm³/mol. The number of rotatable bonds is 4. The predicted octanol–water partition coefficient (Wildman–Crippen LogP) is 2.29. The van der Waals surface area contributed by atoms with Crippen LogP contribution in [0, 0.1) is 11.8 Å². The van der Waals surface area contributed by atoms with Crippen LogP contribution in [-0.4, -0.2) is 22.0 Å². The Morgan fingerprint density at radius 3 is 3.28 bits per heavy atom. The number of ether oxygens (including phenoxy) is 1. The molecule has 0 radical (unpaired) electrons. The van der Waals surface area contributed by atoms with Crippen molar-refractivity contribution >= 4 is 11.5 Å². The molecule has 0 N–H and O–H groups in total. The van der Waals surface area contributed by atoms with Gasteiger partial charge in [-0.3, -0.25) is 0 Å². The maximum absolute atomic E-state index is 11.8. The number of pyridine rings is 1. The van der Waals surface area contributed by atoms with Gasteiger partial charge in [-0.2, -0.15) is 0 Å². The van der Waals surface area contributed by atoms with Crippen molar-refractivity contribution in [2.24, 2.45) is 0 Å². The fourth-order valence-electron chi connectivity index (χ4n) is 1.58. The molecule has 0 unspecified atom stereocenters. The van der Waals surface area contributed by atoms with E-state index < -0.39 is 0 Å². The summed E-state index contributed by atoms with van der Waals surface area (Å²) in [7, 11) is 0. The molecule has 0 atom stereocenters. The van der Waals surface area contributed by atoms with Gasteiger partial charge in [0.1, 0.15) is 0 Å². The van der Waals surface area contributed by atoms with E-state index in [9.17, 15) is 4.79 Å². The highest BCUT2D eigenvalue weighted by Crippen LogP contribution is 2.08. The smallest absolute Gasteiger partial charge is 0.338 e. The van der Waals surface area contributed by atoms with E-state index in [1.165, 1.54) is 0 Å². The lowest BCUT2D eigenvalue weighted by Crippen LogP contribution is -2.06. The molecule has 2 heterocycles. The minimum Gasteiger partial charge on any atom is -0.462 e. The highest BCUT2D eigenvalue weighted by Gasteiger charge is 2.07. The van der Waals surface area contributed by atoms with Gasteiger partial charge >= 0.3 is 5.97 Å². The monoisotopic (exact) mass is 242 g/mol. The van der Waals surface area contributed by atoms with Crippen molar-refractivity contribution in [1.82, 2.24) is 9.38 Å². The fourth-order valence-corrected chi connectivity index (χ4v) is 1.58. The van der Waals surface area contributed by atoms with Crippen LogP contribution < -0.4 is 0 Å². The molecule has 0 aliphatic heterocycles. The molecule has 0 saturated heterocycles. The second-order valence-corrected chi connectivity index (χ2v) is 3.81. The highest BCUT2D eigenvalue weighted by molar-refractivity contribution is 5.90. The molecule has 0 bridgehead atoms. The van der Waals surface area contributed by atoms with E-state index in [4.69, 9.17) is 4.74 Å². The van der Waals surface area contributed by atoms with Crippen molar-refractivity contribution in [2.45, 2.75) is 19.8 Å². The zero-order valence-corrected chi connectivity index (χ0v) is 10.2. The number of imidazole rings is 1. The van der Waals surface area contributed by atoms with Gasteiger partial charge in [0.15, 0.2) is 0 Å². The van der Waals surface area contributed by atoms with Crippen LogP contribution in [0.2, 0.25) is 0 Å². The Balaban J connectivity index is 1.93. The van der Waals surface area contributed by atoms with Crippen molar-refractivity contribution in [3.05, 3.63) is 36.4 Å². The van der Waals surface area contributed by atoms with E-state index in [1.807, 2.05) is 4.40 Å². The van der Waals surface area contributed by atoms with Crippen molar-refractivity contribution in [3.63, 3.8) is 0 Å². The number of hydrogen-bond acceptors (Lipinski definition) is 3. The van der Waals surface area contributed by atoms with Gasteiger partial charge in [0.05, 0.1) is 30.2 Å². The van der Waals surface area contributed by atoms with Crippen LogP contribution in [0.4, 0.5) is 0 Å². The average molecular weight is 242 g/mol. The summed E-state index contributed by atoms with van der Waals surface area (Å²) in [4.78, 5) is 15.7. The van der Waals surface area contributed by atoms with Gasteiger partial charge in [-0.05, 0) is 25.5 Å². The molecule has 4 nitrogen and oxygen atoms in total. The number of carbonyl (C=O) groups excluding carboxylic acids is 1. The average Bonchev–Trinajstić information content (AvgIpc) is 2.85. The van der Waals surface area contributed by atoms with E-state index in [1.54, 1.807) is 37.8 Å². The van der Waals surface area contributed by atoms with Crippen LogP contribution in [-0.2, 0) is 4.74 Å². The highest BCUT2D eigenvalue weighted by atomic mass is 16.5. The summed E-state index contributed by atoms with van der Waals surface area (Å²) in [5.41, 5.74) is 1.42. The summed E-state index contributed by atoms with van der Waals surface area (Å²) in [6, 6.07) is 3.49. The van der Waals surface area contributed by atoms with Crippen LogP contribution in [0.25, 0.3) is 5.52 Å². The summed E-state index contributed by atoms with van der Waals surface area (Å²) < 4.78 is 7.00. The third-order valence-electron chi connectivity index (χ3n) is 2.51. The minimum atomic E-state index is -0.303. The SMILES string of the molecule is CC#CCCCOC(=O)c1ccn2cncc2c1. The number of fused-ring (bicyclic) bond motifs is 1. The maximum Gasteiger partial charge on any atom is 0.338 e. The Labute approximate surface area is 106 Å². The Hall–Kier alpha value is -2.28. The van der Waals surface area contributed by atoms with Gasteiger partial charge < -0.3 is 9.14 Å². The molecule has 0 spiro atoms. The quantitative estimate of drug-likeness (QED) is 0.469. The number of nitrogens with zero attached hydrogens (tertiary/aromatic N) is 2. The van der Waals surface area contributed by atoms with Crippen molar-refractivity contribution in [1.29, 1.82) is 0 Å². The van der Waals surface area contributed by atoms with Crippen molar-refractivity contribution < 1.29 is 9.53 Å². The molecular weight excluding hydrogens is 228 g/mol. The summed E-state index contributed by atoms with van der Waals surface area (Å²) in [6.07, 6.45) is 6.70. The lowest BCUT2D eigenvalue weighted by atomic mass is 10.2. The van der Waals surface area contributed by atoms with Gasteiger partial charge in [-0.25, -0.2) is 9.78 Å². The third-order valence-corrected chi connectivity index (χ3v) is 2.51. The van der Waals surface area contributed by atoms with Crippen LogP contribution >= 0.6 is 0 Å². The van der Waals surface area contributed by atoms with Crippen molar-refractivity contribution in [3.8, 4) is 11.8 Å². The molecular formula is C14H14N2O2. The molecule has 2 aromatic rings. The molecule has 0 aromatic carbocycles. The van der Waals surface area contributed by atoms with Gasteiger partial charge in [0.25, 0.3) is 0 Å². The molecule has 2 rings (SSSR count). The van der Waals surface area contributed by atoms with Crippen molar-refractivity contribution in [2.75, 3.05) is 6.61 Å². The molecule has 4 heteroatoms. The van der Waals surface area contributed by atoms with E-state index >= 15 is 0 Å². The first-order valence-electron chi connectivity index (χ1n) is 5.79. The van der Waals surface area contributed by atoms with Gasteiger partial charge in [0.2, 0.25) is 0 Å². The molecule has 0 amide bonds. The van der Waals surface area contributed by atoms with Gasteiger partial charge in [-0.15, -0.1) is 11.8 Å². The number of hydrogen-bond donors (Lipinski definition) is 0. The number of esters is 1. The summed E-state index contributed by atoms with van der Waals surface area (Å²) in [6.45, 7) is 2.20. The van der Waals surface area contributed by atoms with E-state index in [0.717, 1.165) is 18.4 Å². The number of carbonyl (C=O) groups is 1. The third kappa shape index (κ3) is 2.89. The first-order valence-corrected chi connectivity index (χ1v) is 5.79. The molecule has 2 aromatic heterocycles.